The van der Waals surface area contributed by atoms with Crippen molar-refractivity contribution < 1.29 is 9.21 Å². The van der Waals surface area contributed by atoms with Gasteiger partial charge in [-0.1, -0.05) is 35.3 Å². The molecule has 0 aliphatic carbocycles. The number of hydrogen-bond donors (Lipinski definition) is 0. The largest absolute Gasteiger partial charge is 0.451 e. The number of carbonyl (C=O) groups is 1. The molecule has 0 amide bonds. The summed E-state index contributed by atoms with van der Waals surface area (Å²) in [5.41, 5.74) is 1.01. The first kappa shape index (κ1) is 13.7. The second-order valence-corrected chi connectivity index (χ2v) is 5.92. The molecule has 0 fully saturated rings. The van der Waals surface area contributed by atoms with Crippen LogP contribution in [0.15, 0.2) is 51.4 Å². The van der Waals surface area contributed by atoms with E-state index in [-0.39, 0.29) is 11.5 Å². The molecule has 2 aromatic carbocycles. The van der Waals surface area contributed by atoms with Crippen LogP contribution in [0.25, 0.3) is 11.0 Å². The maximum atomic E-state index is 12.4. The Morgan fingerprint density at radius 2 is 1.90 bits per heavy atom. The molecule has 3 aromatic rings. The number of rotatable bonds is 2. The Balaban J connectivity index is 2.10. The highest BCUT2D eigenvalue weighted by molar-refractivity contribution is 9.10. The van der Waals surface area contributed by atoms with E-state index in [1.165, 1.54) is 6.07 Å². The van der Waals surface area contributed by atoms with Gasteiger partial charge in [-0.25, -0.2) is 0 Å². The van der Waals surface area contributed by atoms with Crippen molar-refractivity contribution in [2.45, 2.75) is 0 Å². The number of ketones is 1. The molecule has 0 N–H and O–H groups in total. The van der Waals surface area contributed by atoms with Gasteiger partial charge in [0, 0.05) is 16.0 Å². The highest BCUT2D eigenvalue weighted by Gasteiger charge is 2.18. The molecule has 0 aliphatic rings. The van der Waals surface area contributed by atoms with Crippen LogP contribution in [0.3, 0.4) is 0 Å². The molecule has 0 saturated carbocycles. The van der Waals surface area contributed by atoms with E-state index >= 15 is 0 Å². The summed E-state index contributed by atoms with van der Waals surface area (Å²) in [4.78, 5) is 12.4. The lowest BCUT2D eigenvalue weighted by Crippen LogP contribution is -2.00. The maximum absolute atomic E-state index is 12.4. The molecule has 0 bridgehead atoms. The van der Waals surface area contributed by atoms with E-state index in [1.54, 1.807) is 18.2 Å². The molecule has 20 heavy (non-hydrogen) atoms. The van der Waals surface area contributed by atoms with Crippen molar-refractivity contribution in [3.05, 3.63) is 68.3 Å². The van der Waals surface area contributed by atoms with Gasteiger partial charge in [-0.15, -0.1) is 0 Å². The third-order valence-electron chi connectivity index (χ3n) is 2.90. The predicted molar refractivity (Wildman–Crippen MR) is 83.8 cm³/mol. The Hall–Kier alpha value is -1.29. The molecule has 0 aliphatic heterocycles. The highest BCUT2D eigenvalue weighted by atomic mass is 79.9. The molecule has 5 heteroatoms. The van der Waals surface area contributed by atoms with Gasteiger partial charge >= 0.3 is 0 Å². The van der Waals surface area contributed by atoms with Crippen LogP contribution in [0, 0.1) is 0 Å². The molecule has 3 rings (SSSR count). The summed E-state index contributed by atoms with van der Waals surface area (Å²) in [5, 5.41) is 1.65. The second kappa shape index (κ2) is 5.24. The number of hydrogen-bond acceptors (Lipinski definition) is 2. The number of furan rings is 1. The summed E-state index contributed by atoms with van der Waals surface area (Å²) in [7, 11) is 0. The summed E-state index contributed by atoms with van der Waals surface area (Å²) in [6, 6.07) is 12.1. The number of carbonyl (C=O) groups excluding carboxylic acids is 1. The van der Waals surface area contributed by atoms with Gasteiger partial charge in [-0.3, -0.25) is 4.79 Å². The average Bonchev–Trinajstić information content (AvgIpc) is 2.83. The fourth-order valence-corrected chi connectivity index (χ4v) is 2.90. The van der Waals surface area contributed by atoms with E-state index in [9.17, 15) is 4.79 Å². The lowest BCUT2D eigenvalue weighted by Gasteiger charge is -2.01. The summed E-state index contributed by atoms with van der Waals surface area (Å²) in [6.45, 7) is 0. The molecular formula is C15H7BrCl2O2. The Morgan fingerprint density at radius 1 is 1.10 bits per heavy atom. The first-order chi connectivity index (χ1) is 9.56. The van der Waals surface area contributed by atoms with Crippen LogP contribution in [-0.4, -0.2) is 5.78 Å². The standard InChI is InChI=1S/C15H7BrCl2O2/c16-11-3-1-2-8-6-13(20-15(8)11)14(19)10-5-4-9(17)7-12(10)18/h1-7H. The van der Waals surface area contributed by atoms with Crippen LogP contribution >= 0.6 is 39.1 Å². The Bertz CT molecular complexity index is 824. The minimum Gasteiger partial charge on any atom is -0.451 e. The first-order valence-electron chi connectivity index (χ1n) is 5.74. The minimum atomic E-state index is -0.269. The van der Waals surface area contributed by atoms with Gasteiger partial charge in [0.05, 0.1) is 9.50 Å². The average molecular weight is 370 g/mol. The Kier molecular flexibility index (Phi) is 3.59. The van der Waals surface area contributed by atoms with Crippen LogP contribution in [0.5, 0.6) is 0 Å². The number of fused-ring (bicyclic) bond motifs is 1. The molecule has 0 atom stereocenters. The normalized spacial score (nSPS) is 10.9. The van der Waals surface area contributed by atoms with E-state index in [0.717, 1.165) is 9.86 Å². The fraction of sp³-hybridized carbons (Fsp3) is 0. The SMILES string of the molecule is O=C(c1cc2cccc(Br)c2o1)c1ccc(Cl)cc1Cl. The van der Waals surface area contributed by atoms with Gasteiger partial charge in [-0.2, -0.15) is 0 Å². The summed E-state index contributed by atoms with van der Waals surface area (Å²) >= 11 is 15.3. The van der Waals surface area contributed by atoms with Gasteiger partial charge in [0.15, 0.2) is 5.76 Å². The van der Waals surface area contributed by atoms with Gasteiger partial charge in [0.2, 0.25) is 5.78 Å². The monoisotopic (exact) mass is 368 g/mol. The van der Waals surface area contributed by atoms with E-state index in [4.69, 9.17) is 27.6 Å². The zero-order valence-electron chi connectivity index (χ0n) is 9.99. The van der Waals surface area contributed by atoms with Gasteiger partial charge < -0.3 is 4.42 Å². The van der Waals surface area contributed by atoms with Crippen molar-refractivity contribution in [3.8, 4) is 0 Å². The van der Waals surface area contributed by atoms with E-state index in [0.29, 0.717) is 21.2 Å². The summed E-state index contributed by atoms with van der Waals surface area (Å²) < 4.78 is 6.41. The van der Waals surface area contributed by atoms with Crippen LogP contribution < -0.4 is 0 Å². The van der Waals surface area contributed by atoms with Crippen molar-refractivity contribution in [3.63, 3.8) is 0 Å². The molecule has 1 heterocycles. The minimum absolute atomic E-state index is 0.246. The smallest absolute Gasteiger partial charge is 0.229 e. The van der Waals surface area contributed by atoms with Crippen LogP contribution in [0.4, 0.5) is 0 Å². The maximum Gasteiger partial charge on any atom is 0.229 e. The molecule has 0 spiro atoms. The predicted octanol–water partition coefficient (Wildman–Crippen LogP) is 5.73. The molecule has 0 unspecified atom stereocenters. The third kappa shape index (κ3) is 2.37. The molecule has 0 radical (unpaired) electrons. The first-order valence-corrected chi connectivity index (χ1v) is 7.29. The molecule has 0 saturated heterocycles. The van der Waals surface area contributed by atoms with E-state index in [2.05, 4.69) is 15.9 Å². The fourth-order valence-electron chi connectivity index (χ4n) is 1.95. The lowest BCUT2D eigenvalue weighted by molar-refractivity contribution is 0.101. The van der Waals surface area contributed by atoms with Gasteiger partial charge in [0.25, 0.3) is 0 Å². The van der Waals surface area contributed by atoms with Gasteiger partial charge in [0.1, 0.15) is 5.58 Å². The highest BCUT2D eigenvalue weighted by Crippen LogP contribution is 2.30. The zero-order chi connectivity index (χ0) is 14.3. The molecule has 1 aromatic heterocycles. The van der Waals surface area contributed by atoms with Crippen LogP contribution in [0.1, 0.15) is 16.1 Å². The van der Waals surface area contributed by atoms with Gasteiger partial charge in [-0.05, 0) is 46.3 Å². The lowest BCUT2D eigenvalue weighted by atomic mass is 10.1. The third-order valence-corrected chi connectivity index (χ3v) is 4.07. The Labute approximate surface area is 133 Å². The van der Waals surface area contributed by atoms with Crippen molar-refractivity contribution >= 4 is 55.9 Å². The quantitative estimate of drug-likeness (QED) is 0.539. The van der Waals surface area contributed by atoms with E-state index in [1.807, 2.05) is 18.2 Å². The summed E-state index contributed by atoms with van der Waals surface area (Å²) in [6.07, 6.45) is 0. The topological polar surface area (TPSA) is 30.2 Å². The number of benzene rings is 2. The van der Waals surface area contributed by atoms with Crippen molar-refractivity contribution in [2.24, 2.45) is 0 Å². The number of halogens is 3. The van der Waals surface area contributed by atoms with Crippen molar-refractivity contribution in [2.75, 3.05) is 0 Å². The van der Waals surface area contributed by atoms with E-state index < -0.39 is 0 Å². The molecule has 2 nitrogen and oxygen atoms in total. The number of para-hydroxylation sites is 1. The summed E-state index contributed by atoms with van der Waals surface area (Å²) in [5.74, 6) is -0.0223. The zero-order valence-corrected chi connectivity index (χ0v) is 13.1. The van der Waals surface area contributed by atoms with Crippen LogP contribution in [-0.2, 0) is 0 Å². The molecule has 100 valence electrons. The van der Waals surface area contributed by atoms with Crippen molar-refractivity contribution in [1.29, 1.82) is 0 Å². The van der Waals surface area contributed by atoms with Crippen LogP contribution in [0.2, 0.25) is 10.0 Å². The van der Waals surface area contributed by atoms with Crippen molar-refractivity contribution in [1.82, 2.24) is 0 Å². The Morgan fingerprint density at radius 3 is 2.60 bits per heavy atom. The second-order valence-electron chi connectivity index (χ2n) is 4.22. The molecular weight excluding hydrogens is 363 g/mol.